The van der Waals surface area contributed by atoms with Gasteiger partial charge in [0.05, 0.1) is 0 Å². The van der Waals surface area contributed by atoms with Gasteiger partial charge in [-0.2, -0.15) is 4.21 Å². The highest BCUT2D eigenvalue weighted by Crippen LogP contribution is 2.45. The lowest BCUT2D eigenvalue weighted by molar-refractivity contribution is 0.0991. The number of hydrogen-bond donors (Lipinski definition) is 0. The lowest BCUT2D eigenvalue weighted by atomic mass is 9.80. The summed E-state index contributed by atoms with van der Waals surface area (Å²) >= 11 is -2.26. The maximum absolute atomic E-state index is 14.6. The number of benzene rings is 6. The molecule has 0 fully saturated rings. The first-order valence-electron chi connectivity index (χ1n) is 13.9. The van der Waals surface area contributed by atoms with E-state index in [2.05, 4.69) is 0 Å². The van der Waals surface area contributed by atoms with Gasteiger partial charge >= 0.3 is 11.4 Å². The van der Waals surface area contributed by atoms with Crippen LogP contribution in [-0.2, 0) is 30.9 Å². The Labute approximate surface area is 249 Å². The van der Waals surface area contributed by atoms with Crippen molar-refractivity contribution in [3.05, 3.63) is 215 Å². The van der Waals surface area contributed by atoms with E-state index in [0.717, 1.165) is 33.4 Å². The molecule has 0 aliphatic carbocycles. The van der Waals surface area contributed by atoms with Crippen molar-refractivity contribution in [3.8, 4) is 0 Å². The molecule has 0 aromatic heterocycles. The molecule has 0 atom stereocenters. The zero-order valence-corrected chi connectivity index (χ0v) is 23.8. The van der Waals surface area contributed by atoms with E-state index in [4.69, 9.17) is 8.37 Å². The van der Waals surface area contributed by atoms with Gasteiger partial charge in [-0.05, 0) is 33.4 Å². The predicted molar refractivity (Wildman–Crippen MR) is 169 cm³/mol. The molecule has 3 nitrogen and oxygen atoms in total. The maximum Gasteiger partial charge on any atom is 0.307 e. The van der Waals surface area contributed by atoms with Gasteiger partial charge in [0, 0.05) is 0 Å². The highest BCUT2D eigenvalue weighted by molar-refractivity contribution is 7.75. The van der Waals surface area contributed by atoms with Gasteiger partial charge < -0.3 is 0 Å². The van der Waals surface area contributed by atoms with E-state index in [0.29, 0.717) is 0 Å². The Morgan fingerprint density at radius 2 is 0.476 bits per heavy atom. The molecule has 0 saturated carbocycles. The second kappa shape index (κ2) is 12.5. The first kappa shape index (κ1) is 27.6. The quantitative estimate of drug-likeness (QED) is 0.156. The Morgan fingerprint density at radius 3 is 0.643 bits per heavy atom. The SMILES string of the molecule is O=S(OC(c1ccccc1)(c1ccccc1)c1ccccc1)OC(c1ccccc1)(c1ccccc1)c1ccccc1. The molecule has 0 spiro atoms. The first-order valence-corrected chi connectivity index (χ1v) is 14.9. The molecule has 42 heavy (non-hydrogen) atoms. The molecule has 0 bridgehead atoms. The van der Waals surface area contributed by atoms with E-state index in [9.17, 15) is 4.21 Å². The minimum absolute atomic E-state index is 0.837. The lowest BCUT2D eigenvalue weighted by Gasteiger charge is -2.38. The van der Waals surface area contributed by atoms with Crippen LogP contribution in [0.1, 0.15) is 33.4 Å². The predicted octanol–water partition coefficient (Wildman–Crippen LogP) is 8.58. The molecule has 6 aromatic rings. The van der Waals surface area contributed by atoms with Crippen molar-refractivity contribution in [1.29, 1.82) is 0 Å². The third-order valence-corrected chi connectivity index (χ3v) is 8.24. The summed E-state index contributed by atoms with van der Waals surface area (Å²) in [5, 5.41) is 0. The first-order chi connectivity index (χ1) is 20.7. The molecule has 0 radical (unpaired) electrons. The van der Waals surface area contributed by atoms with Crippen molar-refractivity contribution in [2.24, 2.45) is 0 Å². The van der Waals surface area contributed by atoms with E-state index in [1.54, 1.807) is 0 Å². The fraction of sp³-hybridized carbons (Fsp3) is 0.0526. The smallest absolute Gasteiger partial charge is 0.247 e. The van der Waals surface area contributed by atoms with Crippen LogP contribution in [0.15, 0.2) is 182 Å². The second-order valence-electron chi connectivity index (χ2n) is 9.93. The minimum Gasteiger partial charge on any atom is -0.247 e. The second-order valence-corrected chi connectivity index (χ2v) is 10.7. The van der Waals surface area contributed by atoms with Gasteiger partial charge in [0.15, 0.2) is 11.2 Å². The van der Waals surface area contributed by atoms with Gasteiger partial charge in [0.2, 0.25) is 0 Å². The lowest BCUT2D eigenvalue weighted by Crippen LogP contribution is -2.38. The summed E-state index contributed by atoms with van der Waals surface area (Å²) in [6.45, 7) is 0. The van der Waals surface area contributed by atoms with Crippen LogP contribution in [0.2, 0.25) is 0 Å². The molecule has 0 N–H and O–H groups in total. The molecular weight excluding hydrogens is 536 g/mol. The van der Waals surface area contributed by atoms with Gasteiger partial charge in [-0.1, -0.05) is 182 Å². The topological polar surface area (TPSA) is 35.5 Å². The molecule has 0 amide bonds. The van der Waals surface area contributed by atoms with Crippen LogP contribution in [0.3, 0.4) is 0 Å². The molecule has 4 heteroatoms. The molecule has 6 aromatic carbocycles. The van der Waals surface area contributed by atoms with Crippen LogP contribution in [0.25, 0.3) is 0 Å². The van der Waals surface area contributed by atoms with Crippen molar-refractivity contribution in [2.45, 2.75) is 11.2 Å². The van der Waals surface area contributed by atoms with E-state index < -0.39 is 22.6 Å². The van der Waals surface area contributed by atoms with Gasteiger partial charge in [-0.3, -0.25) is 0 Å². The average molecular weight is 567 g/mol. The van der Waals surface area contributed by atoms with Gasteiger partial charge in [0.1, 0.15) is 0 Å². The van der Waals surface area contributed by atoms with Crippen molar-refractivity contribution in [2.75, 3.05) is 0 Å². The molecule has 0 saturated heterocycles. The summed E-state index contributed by atoms with van der Waals surface area (Å²) in [5.74, 6) is 0. The summed E-state index contributed by atoms with van der Waals surface area (Å²) < 4.78 is 28.1. The Kier molecular flexibility index (Phi) is 8.20. The monoisotopic (exact) mass is 566 g/mol. The van der Waals surface area contributed by atoms with Crippen LogP contribution in [0, 0.1) is 0 Å². The van der Waals surface area contributed by atoms with E-state index in [1.165, 1.54) is 0 Å². The van der Waals surface area contributed by atoms with Crippen LogP contribution in [0.5, 0.6) is 0 Å². The van der Waals surface area contributed by atoms with Crippen LogP contribution in [-0.4, -0.2) is 4.21 Å². The highest BCUT2D eigenvalue weighted by atomic mass is 32.2. The third kappa shape index (κ3) is 5.24. The van der Waals surface area contributed by atoms with E-state index >= 15 is 0 Å². The summed E-state index contributed by atoms with van der Waals surface area (Å²) in [7, 11) is 0. The fourth-order valence-electron chi connectivity index (χ4n) is 5.55. The summed E-state index contributed by atoms with van der Waals surface area (Å²) in [6.07, 6.45) is 0. The van der Waals surface area contributed by atoms with Gasteiger partial charge in [-0.15, -0.1) is 0 Å². The molecule has 0 unspecified atom stereocenters. The Hall–Kier alpha value is -4.61. The zero-order valence-electron chi connectivity index (χ0n) is 23.0. The van der Waals surface area contributed by atoms with Crippen molar-refractivity contribution >= 4 is 11.4 Å². The molecule has 0 heterocycles. The summed E-state index contributed by atoms with van der Waals surface area (Å²) in [4.78, 5) is 0. The normalized spacial score (nSPS) is 11.8. The van der Waals surface area contributed by atoms with Crippen LogP contribution >= 0.6 is 0 Å². The molecule has 206 valence electrons. The Balaban J connectivity index is 1.55. The number of hydrogen-bond acceptors (Lipinski definition) is 3. The van der Waals surface area contributed by atoms with E-state index in [1.807, 2.05) is 182 Å². The minimum atomic E-state index is -2.26. The maximum atomic E-state index is 14.6. The average Bonchev–Trinajstić information content (AvgIpc) is 3.08. The van der Waals surface area contributed by atoms with Crippen molar-refractivity contribution < 1.29 is 12.6 Å². The van der Waals surface area contributed by atoms with Crippen molar-refractivity contribution in [1.82, 2.24) is 0 Å². The Morgan fingerprint density at radius 1 is 0.310 bits per heavy atom. The largest absolute Gasteiger partial charge is 0.307 e. The molecule has 6 rings (SSSR count). The number of rotatable bonds is 10. The Bertz CT molecular complexity index is 1390. The van der Waals surface area contributed by atoms with Crippen LogP contribution in [0.4, 0.5) is 0 Å². The van der Waals surface area contributed by atoms with E-state index in [-0.39, 0.29) is 0 Å². The standard InChI is InChI=1S/C38H30O3S/c39-42(40-37(31-19-7-1-8-20-31,32-21-9-2-10-22-32)33-23-11-3-12-24-33)41-38(34-25-13-4-14-26-34,35-27-15-5-16-28-35)36-29-17-6-18-30-36/h1-30H. The fourth-order valence-corrected chi connectivity index (χ4v) is 6.57. The molecular formula is C38H30O3S. The van der Waals surface area contributed by atoms with Gasteiger partial charge in [-0.25, -0.2) is 8.37 Å². The van der Waals surface area contributed by atoms with Crippen LogP contribution < -0.4 is 0 Å². The zero-order chi connectivity index (χ0) is 28.7. The van der Waals surface area contributed by atoms with Crippen molar-refractivity contribution in [3.63, 3.8) is 0 Å². The summed E-state index contributed by atoms with van der Waals surface area (Å²) in [5.41, 5.74) is 2.59. The molecule has 0 aliphatic rings. The van der Waals surface area contributed by atoms with Gasteiger partial charge in [0.25, 0.3) is 0 Å². The summed E-state index contributed by atoms with van der Waals surface area (Å²) in [6, 6.07) is 59.3. The molecule has 0 aliphatic heterocycles. The highest BCUT2D eigenvalue weighted by Gasteiger charge is 2.45. The third-order valence-electron chi connectivity index (χ3n) is 7.47.